The first-order valence-corrected chi connectivity index (χ1v) is 7.67. The lowest BCUT2D eigenvalue weighted by molar-refractivity contribution is -0.133. The molecule has 1 heterocycles. The molecule has 1 aliphatic heterocycles. The molecule has 5 heteroatoms. The highest BCUT2D eigenvalue weighted by molar-refractivity contribution is 8.13. The van der Waals surface area contributed by atoms with Crippen molar-refractivity contribution in [1.29, 1.82) is 0 Å². The van der Waals surface area contributed by atoms with Crippen molar-refractivity contribution in [2.45, 2.75) is 51.2 Å². The fraction of sp³-hybridized carbons (Fsp3) is 0.846. The van der Waals surface area contributed by atoms with Crippen molar-refractivity contribution in [2.24, 2.45) is 5.92 Å². The predicted octanol–water partition coefficient (Wildman–Crippen LogP) is 1.42. The summed E-state index contributed by atoms with van der Waals surface area (Å²) >= 11 is 1.30. The number of hydrogen-bond acceptors (Lipinski definition) is 4. The number of aliphatic hydroxyl groups excluding tert-OH is 1. The molecular weight excluding hydrogens is 250 g/mol. The quantitative estimate of drug-likeness (QED) is 0.843. The van der Waals surface area contributed by atoms with Gasteiger partial charge in [0.15, 0.2) is 5.12 Å². The molecule has 1 amide bonds. The van der Waals surface area contributed by atoms with Gasteiger partial charge in [-0.3, -0.25) is 9.59 Å². The second-order valence-electron chi connectivity index (χ2n) is 5.34. The summed E-state index contributed by atoms with van der Waals surface area (Å²) in [6.45, 7) is 2.27. The minimum Gasteiger partial charge on any atom is -0.391 e. The molecule has 18 heavy (non-hydrogen) atoms. The molecule has 3 unspecified atom stereocenters. The van der Waals surface area contributed by atoms with Crippen LogP contribution in [-0.2, 0) is 9.59 Å². The second-order valence-corrected chi connectivity index (χ2v) is 6.53. The van der Waals surface area contributed by atoms with E-state index in [0.29, 0.717) is 13.0 Å². The van der Waals surface area contributed by atoms with Gasteiger partial charge in [0.05, 0.1) is 12.1 Å². The molecule has 1 aliphatic carbocycles. The topological polar surface area (TPSA) is 57.6 Å². The van der Waals surface area contributed by atoms with Gasteiger partial charge in [0.1, 0.15) is 0 Å². The molecule has 0 radical (unpaired) electrons. The number of likely N-dealkylation sites (tertiary alicyclic amines) is 1. The van der Waals surface area contributed by atoms with Crippen LogP contribution in [0.15, 0.2) is 0 Å². The molecule has 0 aromatic rings. The Labute approximate surface area is 112 Å². The number of carbonyl (C=O) groups is 2. The van der Waals surface area contributed by atoms with Gasteiger partial charge in [0.25, 0.3) is 0 Å². The zero-order valence-electron chi connectivity index (χ0n) is 10.8. The summed E-state index contributed by atoms with van der Waals surface area (Å²) in [5.74, 6) is 1.14. The van der Waals surface area contributed by atoms with Crippen molar-refractivity contribution < 1.29 is 14.7 Å². The number of amides is 1. The van der Waals surface area contributed by atoms with Gasteiger partial charge >= 0.3 is 0 Å². The Bertz CT molecular complexity index is 334. The zero-order valence-corrected chi connectivity index (χ0v) is 11.6. The molecule has 0 bridgehead atoms. The number of thioether (sulfide) groups is 1. The van der Waals surface area contributed by atoms with Crippen molar-refractivity contribution in [3.63, 3.8) is 0 Å². The van der Waals surface area contributed by atoms with Crippen LogP contribution >= 0.6 is 11.8 Å². The minimum absolute atomic E-state index is 0.0126. The summed E-state index contributed by atoms with van der Waals surface area (Å²) in [4.78, 5) is 24.8. The van der Waals surface area contributed by atoms with E-state index >= 15 is 0 Å². The largest absolute Gasteiger partial charge is 0.391 e. The maximum Gasteiger partial charge on any atom is 0.223 e. The molecular formula is C13H21NO3S. The van der Waals surface area contributed by atoms with E-state index in [2.05, 4.69) is 0 Å². The maximum absolute atomic E-state index is 12.0. The van der Waals surface area contributed by atoms with Crippen LogP contribution in [0.1, 0.15) is 39.0 Å². The van der Waals surface area contributed by atoms with Crippen molar-refractivity contribution in [3.8, 4) is 0 Å². The Balaban J connectivity index is 1.90. The third kappa shape index (κ3) is 3.26. The molecule has 0 spiro atoms. The summed E-state index contributed by atoms with van der Waals surface area (Å²) < 4.78 is 0. The Morgan fingerprint density at radius 1 is 1.44 bits per heavy atom. The van der Waals surface area contributed by atoms with Crippen LogP contribution in [0.4, 0.5) is 0 Å². The lowest BCUT2D eigenvalue weighted by Gasteiger charge is -2.35. The van der Waals surface area contributed by atoms with Crippen LogP contribution < -0.4 is 0 Å². The van der Waals surface area contributed by atoms with Gasteiger partial charge in [0, 0.05) is 25.6 Å². The van der Waals surface area contributed by atoms with E-state index in [1.165, 1.54) is 11.8 Å². The van der Waals surface area contributed by atoms with E-state index < -0.39 is 0 Å². The monoisotopic (exact) mass is 271 g/mol. The van der Waals surface area contributed by atoms with Crippen LogP contribution in [0.3, 0.4) is 0 Å². The van der Waals surface area contributed by atoms with E-state index in [4.69, 9.17) is 0 Å². The molecule has 2 fully saturated rings. The van der Waals surface area contributed by atoms with E-state index in [9.17, 15) is 14.7 Å². The Hall–Kier alpha value is -0.550. The van der Waals surface area contributed by atoms with E-state index in [1.807, 2.05) is 4.90 Å². The number of hydrogen-bond donors (Lipinski definition) is 1. The molecule has 2 rings (SSSR count). The summed E-state index contributed by atoms with van der Waals surface area (Å²) in [5.41, 5.74) is 0. The third-order valence-corrected chi connectivity index (χ3v) is 4.90. The summed E-state index contributed by atoms with van der Waals surface area (Å²) in [5, 5.41) is 10.1. The van der Waals surface area contributed by atoms with Gasteiger partial charge in [-0.15, -0.1) is 0 Å². The minimum atomic E-state index is -0.359. The number of aliphatic hydroxyl groups is 1. The number of carbonyl (C=O) groups excluding carboxylic acids is 2. The van der Waals surface area contributed by atoms with Gasteiger partial charge in [-0.25, -0.2) is 0 Å². The van der Waals surface area contributed by atoms with Gasteiger partial charge in [-0.2, -0.15) is 0 Å². The molecule has 4 nitrogen and oxygen atoms in total. The van der Waals surface area contributed by atoms with Crippen LogP contribution in [0.25, 0.3) is 0 Å². The van der Waals surface area contributed by atoms with Crippen LogP contribution in [0, 0.1) is 5.92 Å². The van der Waals surface area contributed by atoms with Crippen molar-refractivity contribution in [2.75, 3.05) is 12.3 Å². The first-order valence-electron chi connectivity index (χ1n) is 6.69. The molecule has 2 aliphatic rings. The van der Waals surface area contributed by atoms with Gasteiger partial charge in [-0.05, 0) is 18.8 Å². The van der Waals surface area contributed by atoms with E-state index in [-0.39, 0.29) is 29.1 Å². The van der Waals surface area contributed by atoms with E-state index in [0.717, 1.165) is 31.4 Å². The van der Waals surface area contributed by atoms with Crippen molar-refractivity contribution in [3.05, 3.63) is 0 Å². The number of rotatable bonds is 3. The fourth-order valence-electron chi connectivity index (χ4n) is 2.93. The zero-order chi connectivity index (χ0) is 13.1. The van der Waals surface area contributed by atoms with Gasteiger partial charge in [-0.1, -0.05) is 24.6 Å². The fourth-order valence-corrected chi connectivity index (χ4v) is 3.62. The second kappa shape index (κ2) is 6.06. The van der Waals surface area contributed by atoms with Gasteiger partial charge in [0.2, 0.25) is 5.91 Å². The average molecular weight is 271 g/mol. The molecule has 102 valence electrons. The highest BCUT2D eigenvalue weighted by Crippen LogP contribution is 2.30. The van der Waals surface area contributed by atoms with Crippen molar-refractivity contribution in [1.82, 2.24) is 4.90 Å². The lowest BCUT2D eigenvalue weighted by atomic mass is 9.91. The van der Waals surface area contributed by atoms with Crippen molar-refractivity contribution >= 4 is 22.8 Å². The summed E-state index contributed by atoms with van der Waals surface area (Å²) in [6, 6.07) is 0.0126. The summed E-state index contributed by atoms with van der Waals surface area (Å²) in [6.07, 6.45) is 4.05. The number of nitrogens with zero attached hydrogens (tertiary/aromatic N) is 1. The Kier molecular flexibility index (Phi) is 4.67. The third-order valence-electron chi connectivity index (χ3n) is 3.86. The SMILES string of the molecule is CC(=O)SCC1CC(=O)N(C2CCCCC2O)C1. The summed E-state index contributed by atoms with van der Waals surface area (Å²) in [7, 11) is 0. The molecule has 0 aromatic heterocycles. The average Bonchev–Trinajstić information content (AvgIpc) is 2.69. The molecule has 3 atom stereocenters. The molecule has 1 saturated heterocycles. The Morgan fingerprint density at radius 2 is 2.17 bits per heavy atom. The molecule has 1 N–H and O–H groups in total. The molecule has 1 saturated carbocycles. The predicted molar refractivity (Wildman–Crippen MR) is 71.2 cm³/mol. The maximum atomic E-state index is 12.0. The first-order chi connectivity index (χ1) is 8.58. The Morgan fingerprint density at radius 3 is 2.83 bits per heavy atom. The van der Waals surface area contributed by atoms with Gasteiger partial charge < -0.3 is 10.0 Å². The normalized spacial score (nSPS) is 32.9. The molecule has 0 aromatic carbocycles. The van der Waals surface area contributed by atoms with Crippen LogP contribution in [0.2, 0.25) is 0 Å². The van der Waals surface area contributed by atoms with Crippen LogP contribution in [-0.4, -0.2) is 45.5 Å². The van der Waals surface area contributed by atoms with E-state index in [1.54, 1.807) is 6.92 Å². The smallest absolute Gasteiger partial charge is 0.223 e. The van der Waals surface area contributed by atoms with Crippen LogP contribution in [0.5, 0.6) is 0 Å². The standard InChI is InChI=1S/C13H21NO3S/c1-9(15)18-8-10-6-13(17)14(7-10)11-4-2-3-5-12(11)16/h10-12,16H,2-8H2,1H3. The highest BCUT2D eigenvalue weighted by atomic mass is 32.2. The lowest BCUT2D eigenvalue weighted by Crippen LogP contribution is -2.46. The first kappa shape index (κ1) is 13.9. The highest BCUT2D eigenvalue weighted by Gasteiger charge is 2.38.